The van der Waals surface area contributed by atoms with Gasteiger partial charge >= 0.3 is 0 Å². The Bertz CT molecular complexity index is 240. The Morgan fingerprint density at radius 3 is 2.67 bits per heavy atom. The van der Waals surface area contributed by atoms with E-state index in [2.05, 4.69) is 13.8 Å². The number of carbonyl (C=O) groups is 1. The molecule has 15 heavy (non-hydrogen) atoms. The van der Waals surface area contributed by atoms with Gasteiger partial charge in [-0.2, -0.15) is 0 Å². The molecule has 1 saturated carbocycles. The molecule has 1 rings (SSSR count). The largest absolute Gasteiger partial charge is 0.343 e. The summed E-state index contributed by atoms with van der Waals surface area (Å²) in [5, 5.41) is -0.0498. The van der Waals surface area contributed by atoms with E-state index in [1.54, 1.807) is 6.92 Å². The summed E-state index contributed by atoms with van der Waals surface area (Å²) in [5.74, 6) is 0.656. The summed E-state index contributed by atoms with van der Waals surface area (Å²) in [6.07, 6.45) is 4.29. The fourth-order valence-corrected chi connectivity index (χ4v) is 2.78. The molecule has 1 aliphatic carbocycles. The maximum atomic E-state index is 11.4. The minimum absolute atomic E-state index is 0.0498. The number of amides is 1. The molecule has 84 valence electrons. The third-order valence-electron chi connectivity index (χ3n) is 3.69. The lowest BCUT2D eigenvalue weighted by molar-refractivity contribution is -0.130. The van der Waals surface area contributed by atoms with Crippen LogP contribution in [0.4, 0.5) is 0 Å². The average molecular weight is 207 g/mol. The first kappa shape index (κ1) is 12.6. The second kappa shape index (κ2) is 4.59. The minimum atomic E-state index is -0.0498. The molecule has 0 spiro atoms. The summed E-state index contributed by atoms with van der Waals surface area (Å²) >= 11 is 0. The second-order valence-corrected chi connectivity index (χ2v) is 5.42. The van der Waals surface area contributed by atoms with Crippen LogP contribution in [-0.4, -0.2) is 31.7 Å². The summed E-state index contributed by atoms with van der Waals surface area (Å²) in [7, 11) is 8.11. The fraction of sp³-hybridized carbons (Fsp3) is 0.917. The first-order valence-electron chi connectivity index (χ1n) is 5.86. The standard InChI is InChI=1S/C12H22BNO/c1-9-8-12(3,13)7-5-6-11(9)14(4)10(2)15/h9,11H,5-8H2,1-4H3. The van der Waals surface area contributed by atoms with E-state index in [1.165, 1.54) is 0 Å². The van der Waals surface area contributed by atoms with Gasteiger partial charge in [-0.3, -0.25) is 4.79 Å². The molecular weight excluding hydrogens is 185 g/mol. The summed E-state index contributed by atoms with van der Waals surface area (Å²) in [4.78, 5) is 13.2. The van der Waals surface area contributed by atoms with Crippen molar-refractivity contribution in [1.82, 2.24) is 4.90 Å². The number of hydrogen-bond acceptors (Lipinski definition) is 1. The van der Waals surface area contributed by atoms with Crippen molar-refractivity contribution in [2.45, 2.75) is 57.8 Å². The molecule has 3 atom stereocenters. The van der Waals surface area contributed by atoms with Gasteiger partial charge in [0.15, 0.2) is 0 Å². The Morgan fingerprint density at radius 1 is 1.53 bits per heavy atom. The monoisotopic (exact) mass is 207 g/mol. The zero-order valence-corrected chi connectivity index (χ0v) is 10.4. The van der Waals surface area contributed by atoms with Crippen molar-refractivity contribution in [3.8, 4) is 0 Å². The fourth-order valence-electron chi connectivity index (χ4n) is 2.78. The van der Waals surface area contributed by atoms with Gasteiger partial charge in [-0.25, -0.2) is 0 Å². The molecular formula is C12H22BNO. The SMILES string of the molecule is [B]C1(C)CCCC(N(C)C(C)=O)C(C)C1. The number of hydrogen-bond donors (Lipinski definition) is 0. The average Bonchev–Trinajstić information content (AvgIpc) is 2.21. The molecule has 3 heteroatoms. The first-order valence-corrected chi connectivity index (χ1v) is 5.86. The predicted octanol–water partition coefficient (Wildman–Crippen LogP) is 2.39. The molecule has 3 unspecified atom stereocenters. The van der Waals surface area contributed by atoms with Crippen molar-refractivity contribution in [2.75, 3.05) is 7.05 Å². The highest BCUT2D eigenvalue weighted by Gasteiger charge is 2.32. The lowest BCUT2D eigenvalue weighted by atomic mass is 9.64. The maximum Gasteiger partial charge on any atom is 0.219 e. The van der Waals surface area contributed by atoms with Crippen LogP contribution in [0.5, 0.6) is 0 Å². The van der Waals surface area contributed by atoms with Gasteiger partial charge in [0.2, 0.25) is 5.91 Å². The van der Waals surface area contributed by atoms with Gasteiger partial charge in [-0.1, -0.05) is 38.4 Å². The smallest absolute Gasteiger partial charge is 0.219 e. The molecule has 0 aromatic rings. The molecule has 0 bridgehead atoms. The molecule has 0 aromatic heterocycles. The predicted molar refractivity (Wildman–Crippen MR) is 64.0 cm³/mol. The quantitative estimate of drug-likeness (QED) is 0.477. The van der Waals surface area contributed by atoms with Crippen LogP contribution < -0.4 is 0 Å². The third kappa shape index (κ3) is 3.25. The lowest BCUT2D eigenvalue weighted by Crippen LogP contribution is -2.39. The van der Waals surface area contributed by atoms with Gasteiger partial charge < -0.3 is 4.90 Å². The molecule has 0 N–H and O–H groups in total. The summed E-state index contributed by atoms with van der Waals surface area (Å²) in [5.41, 5.74) is 0. The van der Waals surface area contributed by atoms with Crippen molar-refractivity contribution in [3.05, 3.63) is 0 Å². The van der Waals surface area contributed by atoms with E-state index < -0.39 is 0 Å². The van der Waals surface area contributed by atoms with Crippen LogP contribution in [0.3, 0.4) is 0 Å². The molecule has 2 nitrogen and oxygen atoms in total. The van der Waals surface area contributed by atoms with Crippen molar-refractivity contribution >= 4 is 13.8 Å². The number of nitrogens with zero attached hydrogens (tertiary/aromatic N) is 1. The highest BCUT2D eigenvalue weighted by atomic mass is 16.2. The van der Waals surface area contributed by atoms with Gasteiger partial charge in [-0.05, 0) is 12.3 Å². The molecule has 0 aliphatic heterocycles. The lowest BCUT2D eigenvalue weighted by Gasteiger charge is -2.33. The molecule has 1 aliphatic rings. The second-order valence-electron chi connectivity index (χ2n) is 5.42. The topological polar surface area (TPSA) is 20.3 Å². The molecule has 0 saturated heterocycles. The van der Waals surface area contributed by atoms with Gasteiger partial charge in [-0.15, -0.1) is 0 Å². The summed E-state index contributed by atoms with van der Waals surface area (Å²) < 4.78 is 0. The normalized spacial score (nSPS) is 37.1. The van der Waals surface area contributed by atoms with Crippen molar-refractivity contribution in [3.63, 3.8) is 0 Å². The van der Waals surface area contributed by atoms with E-state index in [1.807, 2.05) is 11.9 Å². The maximum absolute atomic E-state index is 11.4. The highest BCUT2D eigenvalue weighted by Crippen LogP contribution is 2.41. The van der Waals surface area contributed by atoms with E-state index in [0.29, 0.717) is 12.0 Å². The zero-order valence-electron chi connectivity index (χ0n) is 10.4. The van der Waals surface area contributed by atoms with Crippen molar-refractivity contribution in [1.29, 1.82) is 0 Å². The number of rotatable bonds is 1. The van der Waals surface area contributed by atoms with E-state index >= 15 is 0 Å². The molecule has 0 heterocycles. The van der Waals surface area contributed by atoms with Crippen LogP contribution >= 0.6 is 0 Å². The molecule has 2 radical (unpaired) electrons. The van der Waals surface area contributed by atoms with Crippen molar-refractivity contribution < 1.29 is 4.79 Å². The summed E-state index contributed by atoms with van der Waals surface area (Å²) in [6.45, 7) is 5.97. The Balaban J connectivity index is 2.71. The summed E-state index contributed by atoms with van der Waals surface area (Å²) in [6, 6.07) is 0.368. The van der Waals surface area contributed by atoms with E-state index in [0.717, 1.165) is 25.7 Å². The first-order chi connectivity index (χ1) is 6.83. The Morgan fingerprint density at radius 2 is 2.13 bits per heavy atom. The Labute approximate surface area is 94.8 Å². The van der Waals surface area contributed by atoms with Crippen LogP contribution in [0.25, 0.3) is 0 Å². The van der Waals surface area contributed by atoms with Crippen LogP contribution in [0, 0.1) is 5.92 Å². The van der Waals surface area contributed by atoms with Crippen LogP contribution in [0.1, 0.15) is 46.5 Å². The zero-order chi connectivity index (χ0) is 11.6. The van der Waals surface area contributed by atoms with Gasteiger partial charge in [0.25, 0.3) is 0 Å². The number of carbonyl (C=O) groups excluding carboxylic acids is 1. The van der Waals surface area contributed by atoms with E-state index in [9.17, 15) is 4.79 Å². The van der Waals surface area contributed by atoms with Gasteiger partial charge in [0.1, 0.15) is 0 Å². The molecule has 1 amide bonds. The highest BCUT2D eigenvalue weighted by molar-refractivity contribution is 6.14. The molecule has 1 fully saturated rings. The Hall–Kier alpha value is -0.465. The van der Waals surface area contributed by atoms with Gasteiger partial charge in [0, 0.05) is 20.0 Å². The van der Waals surface area contributed by atoms with Crippen molar-refractivity contribution in [2.24, 2.45) is 5.92 Å². The van der Waals surface area contributed by atoms with E-state index in [-0.39, 0.29) is 11.2 Å². The third-order valence-corrected chi connectivity index (χ3v) is 3.69. The van der Waals surface area contributed by atoms with Gasteiger partial charge in [0.05, 0.1) is 7.85 Å². The van der Waals surface area contributed by atoms with Crippen LogP contribution in [0.2, 0.25) is 5.31 Å². The van der Waals surface area contributed by atoms with Crippen LogP contribution in [-0.2, 0) is 4.79 Å². The van der Waals surface area contributed by atoms with Crippen LogP contribution in [0.15, 0.2) is 0 Å². The van der Waals surface area contributed by atoms with E-state index in [4.69, 9.17) is 7.85 Å². The molecule has 0 aromatic carbocycles. The minimum Gasteiger partial charge on any atom is -0.343 e. The Kier molecular flexibility index (Phi) is 3.85.